The minimum atomic E-state index is -3.91. The maximum Gasteiger partial charge on any atom is 0.255 e. The van der Waals surface area contributed by atoms with Gasteiger partial charge in [-0.15, -0.1) is 0 Å². The van der Waals surface area contributed by atoms with Crippen molar-refractivity contribution < 1.29 is 12.8 Å². The van der Waals surface area contributed by atoms with Gasteiger partial charge in [0.15, 0.2) is 5.65 Å². The van der Waals surface area contributed by atoms with Crippen LogP contribution in [0.4, 0.5) is 15.9 Å². The van der Waals surface area contributed by atoms with Gasteiger partial charge in [-0.1, -0.05) is 49.2 Å². The number of hydrogen-bond acceptors (Lipinski definition) is 6. The Morgan fingerprint density at radius 1 is 1.09 bits per heavy atom. The van der Waals surface area contributed by atoms with Crippen LogP contribution in [-0.2, 0) is 10.0 Å². The zero-order valence-electron chi connectivity index (χ0n) is 18.2. The molecule has 4 aromatic rings. The second kappa shape index (κ2) is 8.86. The van der Waals surface area contributed by atoms with Crippen LogP contribution in [0.2, 0.25) is 0 Å². The zero-order valence-corrected chi connectivity index (χ0v) is 19.0. The number of fused-ring (bicyclic) bond motifs is 1. The Morgan fingerprint density at radius 2 is 1.85 bits per heavy atom. The van der Waals surface area contributed by atoms with Crippen molar-refractivity contribution in [3.05, 3.63) is 71.6 Å². The molecule has 3 N–H and O–H groups in total. The summed E-state index contributed by atoms with van der Waals surface area (Å²) in [5.74, 6) is -0.464. The number of nitrogens with zero attached hydrogens (tertiary/aromatic N) is 4. The number of sulfonamides is 1. The van der Waals surface area contributed by atoms with Crippen molar-refractivity contribution in [1.29, 1.82) is 0 Å². The van der Waals surface area contributed by atoms with Gasteiger partial charge in [-0.05, 0) is 36.6 Å². The van der Waals surface area contributed by atoms with Gasteiger partial charge in [0, 0.05) is 5.56 Å². The molecule has 1 fully saturated rings. The van der Waals surface area contributed by atoms with Crippen LogP contribution in [0.5, 0.6) is 0 Å². The summed E-state index contributed by atoms with van der Waals surface area (Å²) in [6, 6.07) is 13.4. The number of halogens is 1. The second-order valence-electron chi connectivity index (χ2n) is 8.24. The van der Waals surface area contributed by atoms with Gasteiger partial charge in [0.2, 0.25) is 0 Å². The smallest absolute Gasteiger partial charge is 0.255 e. The Kier molecular flexibility index (Phi) is 5.74. The first-order chi connectivity index (χ1) is 16.4. The highest BCUT2D eigenvalue weighted by Crippen LogP contribution is 2.37. The number of nitrogen functional groups attached to an aromatic ring is 1. The van der Waals surface area contributed by atoms with Crippen molar-refractivity contribution in [2.24, 2.45) is 0 Å². The first-order valence-corrected chi connectivity index (χ1v) is 12.5. The van der Waals surface area contributed by atoms with Gasteiger partial charge in [0.25, 0.3) is 10.0 Å². The molecular formula is C24H23FN6O2S. The third kappa shape index (κ3) is 4.36. The van der Waals surface area contributed by atoms with Gasteiger partial charge in [-0.3, -0.25) is 4.72 Å². The fourth-order valence-corrected chi connectivity index (χ4v) is 5.14. The Morgan fingerprint density at radius 3 is 2.59 bits per heavy atom. The van der Waals surface area contributed by atoms with Crippen LogP contribution in [-0.4, -0.2) is 28.2 Å². The van der Waals surface area contributed by atoms with Gasteiger partial charge in [0.05, 0.1) is 22.5 Å². The van der Waals surface area contributed by atoms with Crippen LogP contribution in [0.3, 0.4) is 0 Å². The molecule has 1 aliphatic rings. The highest BCUT2D eigenvalue weighted by Gasteiger charge is 2.25. The van der Waals surface area contributed by atoms with Crippen molar-refractivity contribution in [2.75, 3.05) is 10.5 Å². The molecule has 0 unspecified atom stereocenters. The van der Waals surface area contributed by atoms with E-state index in [0.29, 0.717) is 27.9 Å². The Hall–Kier alpha value is -3.79. The van der Waals surface area contributed by atoms with E-state index < -0.39 is 15.8 Å². The summed E-state index contributed by atoms with van der Waals surface area (Å²) in [4.78, 5) is 8.47. The summed E-state index contributed by atoms with van der Waals surface area (Å²) in [6.07, 6.45) is 7.06. The van der Waals surface area contributed by atoms with Gasteiger partial charge in [0.1, 0.15) is 23.7 Å². The van der Waals surface area contributed by atoms with Crippen molar-refractivity contribution >= 4 is 38.6 Å². The van der Waals surface area contributed by atoms with Crippen molar-refractivity contribution in [2.45, 2.75) is 31.7 Å². The van der Waals surface area contributed by atoms with E-state index in [4.69, 9.17) is 10.8 Å². The number of aromatic nitrogens is 4. The third-order valence-electron chi connectivity index (χ3n) is 5.92. The number of anilines is 2. The first-order valence-electron chi connectivity index (χ1n) is 11.0. The Balaban J connectivity index is 1.47. The van der Waals surface area contributed by atoms with Crippen LogP contribution in [0, 0.1) is 5.82 Å². The lowest BCUT2D eigenvalue weighted by atomic mass is 10.1. The molecule has 0 radical (unpaired) electrons. The zero-order chi connectivity index (χ0) is 23.7. The average Bonchev–Trinajstić information content (AvgIpc) is 3.48. The fraction of sp³-hybridized carbons (Fsp3) is 0.208. The molecule has 2 heterocycles. The average molecular weight is 479 g/mol. The molecule has 8 nitrogen and oxygen atoms in total. The monoisotopic (exact) mass is 478 g/mol. The van der Waals surface area contributed by atoms with E-state index in [1.54, 1.807) is 30.3 Å². The van der Waals surface area contributed by atoms with Gasteiger partial charge < -0.3 is 5.73 Å². The van der Waals surface area contributed by atoms with Gasteiger partial charge in [-0.2, -0.15) is 5.10 Å². The molecule has 0 atom stereocenters. The lowest BCUT2D eigenvalue weighted by Crippen LogP contribution is -2.10. The number of benzene rings is 2. The lowest BCUT2D eigenvalue weighted by molar-refractivity contribution is 0.479. The Bertz CT molecular complexity index is 1480. The van der Waals surface area contributed by atoms with E-state index in [-0.39, 0.29) is 17.5 Å². The summed E-state index contributed by atoms with van der Waals surface area (Å²) in [6.45, 7) is 0. The topological polar surface area (TPSA) is 116 Å². The molecule has 0 bridgehead atoms. The molecule has 174 valence electrons. The Labute approximate surface area is 196 Å². The van der Waals surface area contributed by atoms with E-state index in [0.717, 1.165) is 31.1 Å². The quantitative estimate of drug-likeness (QED) is 0.413. The first kappa shape index (κ1) is 22.0. The summed E-state index contributed by atoms with van der Waals surface area (Å²) in [5, 5.41) is 6.30. The van der Waals surface area contributed by atoms with Crippen LogP contribution in [0.25, 0.3) is 28.4 Å². The van der Waals surface area contributed by atoms with E-state index in [2.05, 4.69) is 14.7 Å². The molecule has 2 aromatic heterocycles. The lowest BCUT2D eigenvalue weighted by Gasteiger charge is -2.10. The van der Waals surface area contributed by atoms with E-state index in [9.17, 15) is 12.8 Å². The normalized spacial score (nSPS) is 14.9. The molecule has 0 aliphatic heterocycles. The summed E-state index contributed by atoms with van der Waals surface area (Å²) < 4.78 is 44.0. The van der Waals surface area contributed by atoms with Crippen LogP contribution in [0.15, 0.2) is 60.3 Å². The maximum absolute atomic E-state index is 15.0. The molecule has 34 heavy (non-hydrogen) atoms. The van der Waals surface area contributed by atoms with E-state index in [1.807, 2.05) is 10.7 Å². The molecule has 2 aromatic carbocycles. The molecule has 1 saturated carbocycles. The standard InChI is InChI=1S/C24H23FN6O2S/c25-19-14-17(10-11-20(19)30-34(32,33)13-12-16-6-2-1-3-7-16)22-21-23(26)27-15-28-24(21)31(29-22)18-8-4-5-9-18/h1-3,6-7,10-15,18,30H,4-5,8-9H2,(H2,26,27,28)/b13-12+. The molecule has 1 aliphatic carbocycles. The SMILES string of the molecule is Nc1ncnc2c1c(-c1ccc(NS(=O)(=O)/C=C/c3ccccc3)c(F)c1)nn2C1CCCC1. The minimum Gasteiger partial charge on any atom is -0.383 e. The number of nitrogens with two attached hydrogens (primary N) is 1. The largest absolute Gasteiger partial charge is 0.383 e. The van der Waals surface area contributed by atoms with Crippen LogP contribution < -0.4 is 10.5 Å². The highest BCUT2D eigenvalue weighted by molar-refractivity contribution is 7.95. The summed E-state index contributed by atoms with van der Waals surface area (Å²) in [7, 11) is -3.91. The molecule has 10 heteroatoms. The van der Waals surface area contributed by atoms with Crippen LogP contribution >= 0.6 is 0 Å². The maximum atomic E-state index is 15.0. The summed E-state index contributed by atoms with van der Waals surface area (Å²) >= 11 is 0. The number of hydrogen-bond donors (Lipinski definition) is 2. The van der Waals surface area contributed by atoms with Gasteiger partial charge >= 0.3 is 0 Å². The predicted octanol–water partition coefficient (Wildman–Crippen LogP) is 4.74. The molecule has 0 amide bonds. The third-order valence-corrected chi connectivity index (χ3v) is 6.92. The number of nitrogens with one attached hydrogen (secondary N) is 1. The van der Waals surface area contributed by atoms with E-state index >= 15 is 0 Å². The van der Waals surface area contributed by atoms with Gasteiger partial charge in [-0.25, -0.2) is 27.5 Å². The van der Waals surface area contributed by atoms with Crippen LogP contribution in [0.1, 0.15) is 37.3 Å². The highest BCUT2D eigenvalue weighted by atomic mass is 32.2. The molecule has 0 saturated heterocycles. The second-order valence-corrected chi connectivity index (χ2v) is 9.81. The molecule has 0 spiro atoms. The molecular weight excluding hydrogens is 455 g/mol. The van der Waals surface area contributed by atoms with Crippen molar-refractivity contribution in [3.8, 4) is 11.3 Å². The minimum absolute atomic E-state index is 0.162. The summed E-state index contributed by atoms with van der Waals surface area (Å²) in [5.41, 5.74) is 8.24. The fourth-order valence-electron chi connectivity index (χ4n) is 4.27. The molecule has 5 rings (SSSR count). The van der Waals surface area contributed by atoms with Crippen molar-refractivity contribution in [3.63, 3.8) is 0 Å². The van der Waals surface area contributed by atoms with Crippen molar-refractivity contribution in [1.82, 2.24) is 19.7 Å². The van der Waals surface area contributed by atoms with E-state index in [1.165, 1.54) is 24.5 Å². The predicted molar refractivity (Wildman–Crippen MR) is 131 cm³/mol. The number of rotatable bonds is 6.